The zero-order chi connectivity index (χ0) is 12.5. The molecule has 2 saturated heterocycles. The quantitative estimate of drug-likeness (QED) is 0.763. The summed E-state index contributed by atoms with van der Waals surface area (Å²) >= 11 is 0. The third kappa shape index (κ3) is 3.60. The van der Waals surface area contributed by atoms with E-state index in [0.717, 1.165) is 19.4 Å². The van der Waals surface area contributed by atoms with Gasteiger partial charge in [-0.05, 0) is 53.0 Å². The number of nitrogens with one attached hydrogen (secondary N) is 1. The average Bonchev–Trinajstić information content (AvgIpc) is 2.61. The van der Waals surface area contributed by atoms with Gasteiger partial charge >= 0.3 is 6.09 Å². The predicted molar refractivity (Wildman–Crippen MR) is 67.0 cm³/mol. The van der Waals surface area contributed by atoms with Crippen LogP contribution in [0.2, 0.25) is 0 Å². The Morgan fingerprint density at radius 1 is 1.29 bits per heavy atom. The minimum Gasteiger partial charge on any atom is -0.444 e. The highest BCUT2D eigenvalue weighted by atomic mass is 16.6. The van der Waals surface area contributed by atoms with Gasteiger partial charge < -0.3 is 15.0 Å². The van der Waals surface area contributed by atoms with E-state index in [1.54, 1.807) is 0 Å². The van der Waals surface area contributed by atoms with Crippen molar-refractivity contribution in [3.05, 3.63) is 0 Å². The Morgan fingerprint density at radius 3 is 2.76 bits per heavy atom. The first-order chi connectivity index (χ1) is 7.94. The Bertz CT molecular complexity index is 286. The Hall–Kier alpha value is -0.770. The topological polar surface area (TPSA) is 41.6 Å². The number of fused-ring (bicyclic) bond motifs is 1. The van der Waals surface area contributed by atoms with Crippen LogP contribution >= 0.6 is 0 Å². The van der Waals surface area contributed by atoms with E-state index in [-0.39, 0.29) is 6.09 Å². The molecule has 0 aromatic heterocycles. The van der Waals surface area contributed by atoms with Gasteiger partial charge in [0, 0.05) is 18.6 Å². The summed E-state index contributed by atoms with van der Waals surface area (Å²) < 4.78 is 5.29. The Labute approximate surface area is 104 Å². The number of piperidine rings is 1. The monoisotopic (exact) mass is 240 g/mol. The van der Waals surface area contributed by atoms with Crippen molar-refractivity contribution < 1.29 is 9.53 Å². The molecule has 2 rings (SSSR count). The van der Waals surface area contributed by atoms with Gasteiger partial charge in [-0.1, -0.05) is 0 Å². The molecule has 0 saturated carbocycles. The average molecular weight is 240 g/mol. The summed E-state index contributed by atoms with van der Waals surface area (Å²) in [5, 5.41) is 3.00. The van der Waals surface area contributed by atoms with Crippen molar-refractivity contribution >= 4 is 6.09 Å². The molecule has 4 nitrogen and oxygen atoms in total. The lowest BCUT2D eigenvalue weighted by atomic mass is 9.98. The first-order valence-corrected chi connectivity index (χ1v) is 6.67. The highest BCUT2D eigenvalue weighted by Crippen LogP contribution is 2.26. The first kappa shape index (κ1) is 12.7. The fourth-order valence-corrected chi connectivity index (χ4v) is 2.83. The number of hydrogen-bond donors (Lipinski definition) is 1. The number of hydrogen-bond acceptors (Lipinski definition) is 3. The fraction of sp³-hybridized carbons (Fsp3) is 0.923. The van der Waals surface area contributed by atoms with E-state index in [4.69, 9.17) is 4.74 Å². The van der Waals surface area contributed by atoms with Gasteiger partial charge in [0.05, 0.1) is 0 Å². The van der Waals surface area contributed by atoms with Crippen LogP contribution in [0.3, 0.4) is 0 Å². The minimum atomic E-state index is -0.405. The number of amides is 1. The summed E-state index contributed by atoms with van der Waals surface area (Å²) in [6.07, 6.45) is 4.46. The SMILES string of the molecule is CC(C)(C)OC(=O)NC1CCN2CCCC2C1. The maximum Gasteiger partial charge on any atom is 0.407 e. The smallest absolute Gasteiger partial charge is 0.407 e. The zero-order valence-electron chi connectivity index (χ0n) is 11.2. The summed E-state index contributed by atoms with van der Waals surface area (Å²) in [6.45, 7) is 8.04. The molecular weight excluding hydrogens is 216 g/mol. The summed E-state index contributed by atoms with van der Waals surface area (Å²) in [6, 6.07) is 0.980. The maximum atomic E-state index is 11.7. The molecule has 17 heavy (non-hydrogen) atoms. The van der Waals surface area contributed by atoms with Gasteiger partial charge in [0.1, 0.15) is 5.60 Å². The molecule has 0 aromatic carbocycles. The molecule has 1 amide bonds. The van der Waals surface area contributed by atoms with Crippen molar-refractivity contribution in [3.8, 4) is 0 Å². The molecule has 2 aliphatic heterocycles. The number of alkyl carbamates (subject to hydrolysis) is 1. The lowest BCUT2D eigenvalue weighted by Gasteiger charge is -2.35. The van der Waals surface area contributed by atoms with Crippen LogP contribution in [-0.4, -0.2) is 41.8 Å². The van der Waals surface area contributed by atoms with Crippen molar-refractivity contribution in [1.82, 2.24) is 10.2 Å². The molecule has 0 aliphatic carbocycles. The summed E-state index contributed by atoms with van der Waals surface area (Å²) in [7, 11) is 0. The molecule has 98 valence electrons. The first-order valence-electron chi connectivity index (χ1n) is 6.67. The van der Waals surface area contributed by atoms with Crippen molar-refractivity contribution in [1.29, 1.82) is 0 Å². The second kappa shape index (κ2) is 4.84. The van der Waals surface area contributed by atoms with E-state index < -0.39 is 5.60 Å². The van der Waals surface area contributed by atoms with Gasteiger partial charge in [-0.2, -0.15) is 0 Å². The van der Waals surface area contributed by atoms with Gasteiger partial charge in [-0.25, -0.2) is 4.79 Å². The predicted octanol–water partition coefficient (Wildman–Crippen LogP) is 2.14. The second-order valence-electron chi connectivity index (χ2n) is 6.20. The van der Waals surface area contributed by atoms with Gasteiger partial charge in [0.25, 0.3) is 0 Å². The lowest BCUT2D eigenvalue weighted by molar-refractivity contribution is 0.0468. The highest BCUT2D eigenvalue weighted by molar-refractivity contribution is 5.68. The summed E-state index contributed by atoms with van der Waals surface area (Å²) in [5.41, 5.74) is -0.405. The van der Waals surface area contributed by atoms with Crippen LogP contribution < -0.4 is 5.32 Å². The van der Waals surface area contributed by atoms with Gasteiger partial charge in [0.2, 0.25) is 0 Å². The fourth-order valence-electron chi connectivity index (χ4n) is 2.83. The van der Waals surface area contributed by atoms with Crippen molar-refractivity contribution in [2.24, 2.45) is 0 Å². The van der Waals surface area contributed by atoms with Crippen LogP contribution in [0.5, 0.6) is 0 Å². The molecular formula is C13H24N2O2. The third-order valence-electron chi connectivity index (χ3n) is 3.54. The van der Waals surface area contributed by atoms with E-state index in [1.807, 2.05) is 20.8 Å². The number of ether oxygens (including phenoxy) is 1. The van der Waals surface area contributed by atoms with Crippen molar-refractivity contribution in [2.75, 3.05) is 13.1 Å². The van der Waals surface area contributed by atoms with Crippen LogP contribution in [-0.2, 0) is 4.74 Å². The zero-order valence-corrected chi connectivity index (χ0v) is 11.2. The minimum absolute atomic E-state index is 0.269. The molecule has 0 spiro atoms. The normalized spacial score (nSPS) is 29.8. The number of nitrogens with zero attached hydrogens (tertiary/aromatic N) is 1. The van der Waals surface area contributed by atoms with E-state index in [2.05, 4.69) is 10.2 Å². The maximum absolute atomic E-state index is 11.7. The molecule has 2 unspecified atom stereocenters. The summed E-state index contributed by atoms with van der Waals surface area (Å²) in [5.74, 6) is 0. The Balaban J connectivity index is 1.78. The molecule has 2 aliphatic rings. The molecule has 2 atom stereocenters. The second-order valence-corrected chi connectivity index (χ2v) is 6.20. The van der Waals surface area contributed by atoms with Crippen LogP contribution in [0.4, 0.5) is 4.79 Å². The molecule has 4 heteroatoms. The molecule has 2 fully saturated rings. The van der Waals surface area contributed by atoms with Crippen molar-refractivity contribution in [2.45, 2.75) is 64.1 Å². The van der Waals surface area contributed by atoms with E-state index >= 15 is 0 Å². The number of carbonyl (C=O) groups is 1. The van der Waals surface area contributed by atoms with Gasteiger partial charge in [-0.3, -0.25) is 0 Å². The molecule has 0 aromatic rings. The highest BCUT2D eigenvalue weighted by Gasteiger charge is 2.32. The lowest BCUT2D eigenvalue weighted by Crippen LogP contribution is -2.48. The molecule has 0 bridgehead atoms. The number of rotatable bonds is 1. The van der Waals surface area contributed by atoms with E-state index in [1.165, 1.54) is 19.4 Å². The third-order valence-corrected chi connectivity index (χ3v) is 3.54. The largest absolute Gasteiger partial charge is 0.444 e. The summed E-state index contributed by atoms with van der Waals surface area (Å²) in [4.78, 5) is 14.2. The molecule has 1 N–H and O–H groups in total. The Kier molecular flexibility index (Phi) is 3.61. The standard InChI is InChI=1S/C13H24N2O2/c1-13(2,3)17-12(16)14-10-6-8-15-7-4-5-11(15)9-10/h10-11H,4-9H2,1-3H3,(H,14,16). The molecule has 0 radical (unpaired) electrons. The van der Waals surface area contributed by atoms with Gasteiger partial charge in [-0.15, -0.1) is 0 Å². The van der Waals surface area contributed by atoms with Crippen LogP contribution in [0, 0.1) is 0 Å². The number of carbonyl (C=O) groups excluding carboxylic acids is 1. The van der Waals surface area contributed by atoms with Crippen LogP contribution in [0.1, 0.15) is 46.5 Å². The van der Waals surface area contributed by atoms with Gasteiger partial charge in [0.15, 0.2) is 0 Å². The van der Waals surface area contributed by atoms with Crippen LogP contribution in [0.15, 0.2) is 0 Å². The van der Waals surface area contributed by atoms with Crippen LogP contribution in [0.25, 0.3) is 0 Å². The van der Waals surface area contributed by atoms with Crippen molar-refractivity contribution in [3.63, 3.8) is 0 Å². The van der Waals surface area contributed by atoms with E-state index in [9.17, 15) is 4.79 Å². The Morgan fingerprint density at radius 2 is 2.06 bits per heavy atom. The molecule has 2 heterocycles. The van der Waals surface area contributed by atoms with E-state index in [0.29, 0.717) is 12.1 Å².